The molecule has 4 N–H and O–H groups in total. The number of ketones is 1. The Morgan fingerprint density at radius 1 is 1.62 bits per heavy atom. The number of pyridine rings is 1. The minimum atomic E-state index is -0.138. The van der Waals surface area contributed by atoms with E-state index >= 15 is 0 Å². The molecule has 84 valence electrons. The lowest BCUT2D eigenvalue weighted by Gasteiger charge is -2.05. The van der Waals surface area contributed by atoms with Crippen LogP contribution in [0.3, 0.4) is 0 Å². The molecule has 16 heavy (non-hydrogen) atoms. The molecule has 0 radical (unpaired) electrons. The largest absolute Gasteiger partial charge is 0.393 e. The van der Waals surface area contributed by atoms with E-state index in [1.165, 1.54) is 19.3 Å². The number of carbonyl (C=O) groups is 1. The average molecular weight is 218 g/mol. The number of Topliss-reactive ketones (excluding diaryl/α,β-unsaturated/α-hetero) is 1. The van der Waals surface area contributed by atoms with E-state index in [9.17, 15) is 4.79 Å². The van der Waals surface area contributed by atoms with Crippen molar-refractivity contribution in [1.82, 2.24) is 10.3 Å². The second kappa shape index (κ2) is 5.06. The lowest BCUT2D eigenvalue weighted by atomic mass is 10.1. The Bertz CT molecular complexity index is 451. The van der Waals surface area contributed by atoms with Crippen molar-refractivity contribution in [3.8, 4) is 0 Å². The first-order valence-corrected chi connectivity index (χ1v) is 4.75. The fourth-order valence-electron chi connectivity index (χ4n) is 1.28. The molecule has 0 fully saturated rings. The smallest absolute Gasteiger partial charge is 0.163 e. The summed E-state index contributed by atoms with van der Waals surface area (Å²) in [6, 6.07) is 1.64. The summed E-state index contributed by atoms with van der Waals surface area (Å²) < 4.78 is 0. The number of rotatable bonds is 4. The van der Waals surface area contributed by atoms with Crippen LogP contribution in [0.1, 0.15) is 22.8 Å². The van der Waals surface area contributed by atoms with Crippen molar-refractivity contribution >= 4 is 23.4 Å². The molecule has 0 aromatic carbocycles. The number of nitrogens with two attached hydrogens (primary N) is 1. The minimum absolute atomic E-state index is 0.138. The van der Waals surface area contributed by atoms with Gasteiger partial charge in [-0.1, -0.05) is 0 Å². The molecule has 0 aliphatic carbocycles. The van der Waals surface area contributed by atoms with Crippen molar-refractivity contribution < 1.29 is 4.79 Å². The molecule has 0 atom stereocenters. The van der Waals surface area contributed by atoms with Gasteiger partial charge in [-0.3, -0.25) is 4.79 Å². The average Bonchev–Trinajstić information content (AvgIpc) is 2.26. The number of anilines is 1. The number of allylic oxidation sites excluding steroid dienone is 1. The Morgan fingerprint density at radius 3 is 2.81 bits per heavy atom. The lowest BCUT2D eigenvalue weighted by molar-refractivity contribution is 0.101. The lowest BCUT2D eigenvalue weighted by Crippen LogP contribution is -2.04. The molecule has 0 unspecified atom stereocenters. The van der Waals surface area contributed by atoms with Crippen molar-refractivity contribution in [3.63, 3.8) is 0 Å². The van der Waals surface area contributed by atoms with Gasteiger partial charge in [0, 0.05) is 36.8 Å². The molecule has 0 saturated carbocycles. The molecule has 0 spiro atoms. The molecule has 0 aliphatic rings. The van der Waals surface area contributed by atoms with E-state index in [4.69, 9.17) is 11.1 Å². The van der Waals surface area contributed by atoms with Crippen LogP contribution in [-0.2, 0) is 0 Å². The van der Waals surface area contributed by atoms with Crippen LogP contribution in [0.25, 0.3) is 5.57 Å². The van der Waals surface area contributed by atoms with Crippen molar-refractivity contribution in [3.05, 3.63) is 29.6 Å². The molecule has 1 aromatic heterocycles. The number of hydrogen-bond donors (Lipinski definition) is 3. The molecule has 0 saturated heterocycles. The Kier molecular flexibility index (Phi) is 3.77. The van der Waals surface area contributed by atoms with Gasteiger partial charge in [0.05, 0.1) is 5.56 Å². The first-order valence-electron chi connectivity index (χ1n) is 4.75. The number of nitrogen functional groups attached to an aromatic ring is 1. The highest BCUT2D eigenvalue weighted by Gasteiger charge is 2.08. The Morgan fingerprint density at radius 2 is 2.31 bits per heavy atom. The fraction of sp³-hybridized carbons (Fsp3) is 0.182. The van der Waals surface area contributed by atoms with Crippen LogP contribution < -0.4 is 11.1 Å². The van der Waals surface area contributed by atoms with Gasteiger partial charge in [0.15, 0.2) is 5.78 Å². The summed E-state index contributed by atoms with van der Waals surface area (Å²) in [5, 5.41) is 10.1. The maximum atomic E-state index is 11.3. The second-order valence-corrected chi connectivity index (χ2v) is 3.25. The monoisotopic (exact) mass is 218 g/mol. The first kappa shape index (κ1) is 11.9. The molecule has 1 rings (SSSR count). The van der Waals surface area contributed by atoms with Gasteiger partial charge in [0.2, 0.25) is 0 Å². The molecule has 1 aromatic rings. The Balaban J connectivity index is 3.26. The third-order valence-electron chi connectivity index (χ3n) is 2.09. The molecule has 5 nitrogen and oxygen atoms in total. The molecule has 0 bridgehead atoms. The maximum absolute atomic E-state index is 11.3. The van der Waals surface area contributed by atoms with Gasteiger partial charge in [-0.25, -0.2) is 4.98 Å². The standard InChI is InChI=1S/C11H14N4O/c1-7(16)10-3-8(6-15-11(10)13)9(4-12)5-14-2/h3-6,12,14H,1-2H3,(H2,13,15)/b9-5+,12-4?. The van der Waals surface area contributed by atoms with Crippen molar-refractivity contribution in [2.45, 2.75) is 6.92 Å². The van der Waals surface area contributed by atoms with Crippen LogP contribution in [0.2, 0.25) is 0 Å². The summed E-state index contributed by atoms with van der Waals surface area (Å²) >= 11 is 0. The highest BCUT2D eigenvalue weighted by Crippen LogP contribution is 2.16. The second-order valence-electron chi connectivity index (χ2n) is 3.25. The number of hydrogen-bond acceptors (Lipinski definition) is 5. The van der Waals surface area contributed by atoms with E-state index in [1.54, 1.807) is 19.3 Å². The van der Waals surface area contributed by atoms with E-state index in [1.807, 2.05) is 0 Å². The van der Waals surface area contributed by atoms with Gasteiger partial charge >= 0.3 is 0 Å². The molecule has 0 aliphatic heterocycles. The number of nitrogens with one attached hydrogen (secondary N) is 2. The van der Waals surface area contributed by atoms with E-state index in [2.05, 4.69) is 10.3 Å². The summed E-state index contributed by atoms with van der Waals surface area (Å²) in [6.07, 6.45) is 4.38. The summed E-state index contributed by atoms with van der Waals surface area (Å²) in [7, 11) is 1.74. The fourth-order valence-corrected chi connectivity index (χ4v) is 1.28. The third kappa shape index (κ3) is 2.44. The number of nitrogens with zero attached hydrogens (tertiary/aromatic N) is 1. The molecule has 1 heterocycles. The maximum Gasteiger partial charge on any atom is 0.163 e. The van der Waals surface area contributed by atoms with Crippen LogP contribution in [0.5, 0.6) is 0 Å². The van der Waals surface area contributed by atoms with Crippen LogP contribution >= 0.6 is 0 Å². The highest BCUT2D eigenvalue weighted by molar-refractivity contribution is 6.09. The Labute approximate surface area is 93.9 Å². The van der Waals surface area contributed by atoms with E-state index in [0.29, 0.717) is 16.7 Å². The first-order chi connectivity index (χ1) is 7.60. The summed E-state index contributed by atoms with van der Waals surface area (Å²) in [5.74, 6) is 0.0747. The molecular formula is C11H14N4O. The van der Waals surface area contributed by atoms with Crippen LogP contribution in [0.15, 0.2) is 18.5 Å². The predicted molar refractivity (Wildman–Crippen MR) is 64.5 cm³/mol. The van der Waals surface area contributed by atoms with Crippen LogP contribution in [0.4, 0.5) is 5.82 Å². The van der Waals surface area contributed by atoms with Crippen LogP contribution in [-0.4, -0.2) is 24.0 Å². The zero-order valence-electron chi connectivity index (χ0n) is 9.24. The Hall–Kier alpha value is -2.17. The van der Waals surface area contributed by atoms with Crippen LogP contribution in [0, 0.1) is 5.41 Å². The number of aromatic nitrogens is 1. The summed E-state index contributed by atoms with van der Waals surface area (Å²) in [5.41, 5.74) is 7.28. The van der Waals surface area contributed by atoms with Crippen molar-refractivity contribution in [2.24, 2.45) is 0 Å². The predicted octanol–water partition coefficient (Wildman–Crippen LogP) is 1.08. The zero-order chi connectivity index (χ0) is 12.1. The van der Waals surface area contributed by atoms with Gasteiger partial charge in [0.1, 0.15) is 5.82 Å². The summed E-state index contributed by atoms with van der Waals surface area (Å²) in [6.45, 7) is 1.43. The van der Waals surface area contributed by atoms with Gasteiger partial charge < -0.3 is 16.5 Å². The zero-order valence-corrected chi connectivity index (χ0v) is 9.24. The van der Waals surface area contributed by atoms with Gasteiger partial charge in [0.25, 0.3) is 0 Å². The van der Waals surface area contributed by atoms with E-state index in [-0.39, 0.29) is 11.6 Å². The minimum Gasteiger partial charge on any atom is -0.393 e. The quantitative estimate of drug-likeness (QED) is 0.520. The van der Waals surface area contributed by atoms with Gasteiger partial charge in [-0.15, -0.1) is 0 Å². The van der Waals surface area contributed by atoms with Crippen molar-refractivity contribution in [2.75, 3.05) is 12.8 Å². The highest BCUT2D eigenvalue weighted by atomic mass is 16.1. The van der Waals surface area contributed by atoms with Gasteiger partial charge in [-0.2, -0.15) is 0 Å². The SMILES string of the molecule is CN/C=C(\C=N)c1cnc(N)c(C(C)=O)c1. The van der Waals surface area contributed by atoms with Crippen molar-refractivity contribution in [1.29, 1.82) is 5.41 Å². The topological polar surface area (TPSA) is 91.9 Å². The number of carbonyl (C=O) groups excluding carboxylic acids is 1. The van der Waals surface area contributed by atoms with E-state index < -0.39 is 0 Å². The molecule has 5 heteroatoms. The third-order valence-corrected chi connectivity index (χ3v) is 2.09. The van der Waals surface area contributed by atoms with E-state index in [0.717, 1.165) is 0 Å². The molecular weight excluding hydrogens is 204 g/mol. The van der Waals surface area contributed by atoms with Gasteiger partial charge in [-0.05, 0) is 13.0 Å². The normalized spacial score (nSPS) is 11.0. The molecule has 0 amide bonds. The summed E-state index contributed by atoms with van der Waals surface area (Å²) in [4.78, 5) is 15.2.